The number of nitrogens with zero attached hydrogens (tertiary/aromatic N) is 4. The molecular formula is C20H25N5O2. The fraction of sp³-hybridized carbons (Fsp3) is 0.450. The molecule has 1 aromatic heterocycles. The molecule has 2 aromatic rings. The van der Waals surface area contributed by atoms with E-state index in [1.807, 2.05) is 27.8 Å². The summed E-state index contributed by atoms with van der Waals surface area (Å²) in [6.45, 7) is 6.13. The van der Waals surface area contributed by atoms with Crippen LogP contribution in [0.2, 0.25) is 0 Å². The number of carbonyl (C=O) groups excluding carboxylic acids is 2. The number of nitrogens with one attached hydrogen (secondary N) is 1. The summed E-state index contributed by atoms with van der Waals surface area (Å²) >= 11 is 0. The minimum absolute atomic E-state index is 0.0232. The first-order valence-electron chi connectivity index (χ1n) is 9.51. The first-order valence-corrected chi connectivity index (χ1v) is 9.51. The topological polar surface area (TPSA) is 70.5 Å². The molecule has 2 aliphatic heterocycles. The van der Waals surface area contributed by atoms with E-state index in [2.05, 4.69) is 17.4 Å². The van der Waals surface area contributed by atoms with Crippen LogP contribution >= 0.6 is 0 Å². The van der Waals surface area contributed by atoms with Crippen LogP contribution in [0.5, 0.6) is 0 Å². The largest absolute Gasteiger partial charge is 0.339 e. The van der Waals surface area contributed by atoms with E-state index >= 15 is 0 Å². The summed E-state index contributed by atoms with van der Waals surface area (Å²) in [6.07, 6.45) is 0.876. The van der Waals surface area contributed by atoms with Gasteiger partial charge < -0.3 is 15.1 Å². The lowest BCUT2D eigenvalue weighted by Gasteiger charge is -2.34. The first kappa shape index (κ1) is 17.7. The highest BCUT2D eigenvalue weighted by Gasteiger charge is 2.30. The van der Waals surface area contributed by atoms with Gasteiger partial charge in [0.1, 0.15) is 0 Å². The number of rotatable bonds is 3. The second-order valence-corrected chi connectivity index (χ2v) is 7.14. The maximum atomic E-state index is 13.1. The zero-order valence-electron chi connectivity index (χ0n) is 15.6. The van der Waals surface area contributed by atoms with Gasteiger partial charge in [-0.15, -0.1) is 0 Å². The Bertz CT molecular complexity index is 838. The third-order valence-electron chi connectivity index (χ3n) is 5.40. The van der Waals surface area contributed by atoms with Crippen LogP contribution in [0.1, 0.15) is 34.2 Å². The van der Waals surface area contributed by atoms with E-state index in [9.17, 15) is 9.59 Å². The second kappa shape index (κ2) is 7.52. The summed E-state index contributed by atoms with van der Waals surface area (Å²) < 4.78 is 1.99. The van der Waals surface area contributed by atoms with E-state index in [0.717, 1.165) is 24.2 Å². The van der Waals surface area contributed by atoms with Crippen molar-refractivity contribution in [2.24, 2.45) is 0 Å². The van der Waals surface area contributed by atoms with E-state index in [-0.39, 0.29) is 11.8 Å². The highest BCUT2D eigenvalue weighted by Crippen LogP contribution is 2.21. The van der Waals surface area contributed by atoms with E-state index in [0.29, 0.717) is 45.0 Å². The molecule has 0 unspecified atom stereocenters. The number of hydrogen-bond acceptors (Lipinski definition) is 4. The highest BCUT2D eigenvalue weighted by molar-refractivity contribution is 5.94. The monoisotopic (exact) mass is 367 g/mol. The summed E-state index contributed by atoms with van der Waals surface area (Å²) in [5.74, 6) is 0.0424. The van der Waals surface area contributed by atoms with Crippen molar-refractivity contribution in [3.8, 4) is 0 Å². The van der Waals surface area contributed by atoms with E-state index in [1.54, 1.807) is 11.8 Å². The van der Waals surface area contributed by atoms with Crippen LogP contribution in [-0.4, -0.2) is 64.1 Å². The molecule has 2 amide bonds. The van der Waals surface area contributed by atoms with E-state index in [4.69, 9.17) is 5.10 Å². The van der Waals surface area contributed by atoms with Gasteiger partial charge in [0.15, 0.2) is 5.69 Å². The molecule has 0 radical (unpaired) electrons. The fourth-order valence-corrected chi connectivity index (χ4v) is 3.85. The Morgan fingerprint density at radius 1 is 1.07 bits per heavy atom. The molecule has 4 rings (SSSR count). The van der Waals surface area contributed by atoms with Crippen LogP contribution in [0.4, 0.5) is 0 Å². The number of aromatic nitrogens is 2. The van der Waals surface area contributed by atoms with Gasteiger partial charge in [0.05, 0.1) is 6.54 Å². The van der Waals surface area contributed by atoms with Gasteiger partial charge in [-0.25, -0.2) is 0 Å². The summed E-state index contributed by atoms with van der Waals surface area (Å²) in [5.41, 5.74) is 3.92. The summed E-state index contributed by atoms with van der Waals surface area (Å²) in [7, 11) is 0. The minimum Gasteiger partial charge on any atom is -0.339 e. The average Bonchev–Trinajstić information content (AvgIpc) is 3.07. The smallest absolute Gasteiger partial charge is 0.274 e. The molecule has 1 saturated heterocycles. The first-order chi connectivity index (χ1) is 13.1. The van der Waals surface area contributed by atoms with Gasteiger partial charge in [0.2, 0.25) is 5.91 Å². The number of amides is 2. The van der Waals surface area contributed by atoms with Crippen molar-refractivity contribution in [1.29, 1.82) is 0 Å². The van der Waals surface area contributed by atoms with E-state index < -0.39 is 0 Å². The van der Waals surface area contributed by atoms with Gasteiger partial charge in [0.25, 0.3) is 5.91 Å². The lowest BCUT2D eigenvalue weighted by atomic mass is 10.1. The molecule has 1 fully saturated rings. The lowest BCUT2D eigenvalue weighted by Crippen LogP contribution is -2.50. The minimum atomic E-state index is -0.0232. The fourth-order valence-electron chi connectivity index (χ4n) is 3.85. The molecule has 142 valence electrons. The SMILES string of the molecule is CC(=O)N1CCN(C(=O)c2nn(Cc3ccccc3)c3c2CNCC3)CC1. The predicted octanol–water partition coefficient (Wildman–Crippen LogP) is 0.881. The molecule has 1 aromatic carbocycles. The van der Waals surface area contributed by atoms with Gasteiger partial charge in [-0.05, 0) is 5.56 Å². The molecule has 0 aliphatic carbocycles. The van der Waals surface area contributed by atoms with Gasteiger partial charge >= 0.3 is 0 Å². The molecule has 0 bridgehead atoms. The Kier molecular flexibility index (Phi) is 4.94. The van der Waals surface area contributed by atoms with Crippen molar-refractivity contribution in [1.82, 2.24) is 24.9 Å². The molecule has 0 atom stereocenters. The second-order valence-electron chi connectivity index (χ2n) is 7.14. The Morgan fingerprint density at radius 2 is 1.78 bits per heavy atom. The van der Waals surface area contributed by atoms with Crippen molar-refractivity contribution in [2.75, 3.05) is 32.7 Å². The third kappa shape index (κ3) is 3.60. The van der Waals surface area contributed by atoms with Crippen LogP contribution in [0.15, 0.2) is 30.3 Å². The van der Waals surface area contributed by atoms with Gasteiger partial charge in [-0.2, -0.15) is 5.10 Å². The predicted molar refractivity (Wildman–Crippen MR) is 101 cm³/mol. The molecule has 7 heteroatoms. The molecule has 27 heavy (non-hydrogen) atoms. The number of hydrogen-bond donors (Lipinski definition) is 1. The van der Waals surface area contributed by atoms with Crippen molar-refractivity contribution in [3.63, 3.8) is 0 Å². The van der Waals surface area contributed by atoms with Gasteiger partial charge in [-0.1, -0.05) is 30.3 Å². The number of fused-ring (bicyclic) bond motifs is 1. The maximum absolute atomic E-state index is 13.1. The molecule has 0 saturated carbocycles. The summed E-state index contributed by atoms with van der Waals surface area (Å²) in [4.78, 5) is 28.3. The van der Waals surface area contributed by atoms with Crippen molar-refractivity contribution in [3.05, 3.63) is 52.8 Å². The number of piperazine rings is 1. The van der Waals surface area contributed by atoms with Crippen molar-refractivity contribution in [2.45, 2.75) is 26.4 Å². The summed E-state index contributed by atoms with van der Waals surface area (Å²) in [6, 6.07) is 10.2. The molecular weight excluding hydrogens is 342 g/mol. The van der Waals surface area contributed by atoms with Gasteiger partial charge in [-0.3, -0.25) is 14.3 Å². The Balaban J connectivity index is 1.57. The van der Waals surface area contributed by atoms with Crippen molar-refractivity contribution < 1.29 is 9.59 Å². The average molecular weight is 367 g/mol. The highest BCUT2D eigenvalue weighted by atomic mass is 16.2. The van der Waals surface area contributed by atoms with Crippen LogP contribution in [0, 0.1) is 0 Å². The Labute approximate surface area is 158 Å². The quantitative estimate of drug-likeness (QED) is 0.874. The van der Waals surface area contributed by atoms with Crippen molar-refractivity contribution >= 4 is 11.8 Å². The maximum Gasteiger partial charge on any atom is 0.274 e. The zero-order valence-corrected chi connectivity index (χ0v) is 15.6. The normalized spacial score (nSPS) is 16.9. The molecule has 1 N–H and O–H groups in total. The van der Waals surface area contributed by atoms with E-state index in [1.165, 1.54) is 5.56 Å². The Hall–Kier alpha value is -2.67. The third-order valence-corrected chi connectivity index (χ3v) is 5.40. The molecule has 2 aliphatic rings. The van der Waals surface area contributed by atoms with Crippen LogP contribution < -0.4 is 5.32 Å². The van der Waals surface area contributed by atoms with Crippen LogP contribution in [-0.2, 0) is 24.3 Å². The molecule has 3 heterocycles. The number of carbonyl (C=O) groups is 2. The van der Waals surface area contributed by atoms with Crippen LogP contribution in [0.25, 0.3) is 0 Å². The zero-order chi connectivity index (χ0) is 18.8. The summed E-state index contributed by atoms with van der Waals surface area (Å²) in [5, 5.41) is 8.08. The van der Waals surface area contributed by atoms with Gasteiger partial charge in [0, 0.05) is 63.9 Å². The number of benzene rings is 1. The molecule has 7 nitrogen and oxygen atoms in total. The molecule has 0 spiro atoms. The standard InChI is InChI=1S/C20H25N5O2/c1-15(26)23-9-11-24(12-10-23)20(27)19-17-13-21-8-7-18(17)25(22-19)14-16-5-3-2-4-6-16/h2-6,21H,7-14H2,1H3. The van der Waals surface area contributed by atoms with Crippen LogP contribution in [0.3, 0.4) is 0 Å². The Morgan fingerprint density at radius 3 is 2.48 bits per heavy atom. The lowest BCUT2D eigenvalue weighted by molar-refractivity contribution is -0.130.